The monoisotopic (exact) mass is 334 g/mol. The highest BCUT2D eigenvalue weighted by Gasteiger charge is 1.93. The maximum Gasteiger partial charge on any atom is 0.327 e. The summed E-state index contributed by atoms with van der Waals surface area (Å²) in [5.41, 5.74) is 0. The number of carbonyl (C=O) groups is 1. The number of aliphatic hydroxyl groups is 1. The van der Waals surface area contributed by atoms with E-state index >= 15 is 0 Å². The van der Waals surface area contributed by atoms with Gasteiger partial charge in [0.1, 0.15) is 0 Å². The van der Waals surface area contributed by atoms with Crippen LogP contribution in [0.5, 0.6) is 0 Å². The molecule has 2 N–H and O–H groups in total. The van der Waals surface area contributed by atoms with Crippen LogP contribution in [-0.2, 0) is 4.79 Å². The normalized spacial score (nSPS) is 9.48. The summed E-state index contributed by atoms with van der Waals surface area (Å²) in [4.78, 5) is 9.25. The van der Waals surface area contributed by atoms with E-state index in [4.69, 9.17) is 10.2 Å². The molecule has 0 aromatic rings. The molecule has 0 saturated heterocycles. The zero-order valence-corrected chi connectivity index (χ0v) is 15.1. The van der Waals surface area contributed by atoms with E-state index in [1.807, 2.05) is 0 Å². The third-order valence-corrected chi connectivity index (χ3v) is 3.69. The van der Waals surface area contributed by atoms with Crippen molar-refractivity contribution >= 4 is 5.97 Å². The molecule has 140 valence electrons. The SMILES string of the molecule is C=CC(=O)O.CCCCCCCCCCCCCCCCO.F. The molecule has 0 radical (unpaired) electrons. The van der Waals surface area contributed by atoms with Crippen molar-refractivity contribution in [2.75, 3.05) is 6.61 Å². The first kappa shape index (κ1) is 27.0. The van der Waals surface area contributed by atoms with Gasteiger partial charge in [-0.2, -0.15) is 0 Å². The number of carboxylic acid groups (broad SMARTS) is 1. The van der Waals surface area contributed by atoms with Gasteiger partial charge in [0.15, 0.2) is 0 Å². The highest BCUT2D eigenvalue weighted by atomic mass is 19.0. The van der Waals surface area contributed by atoms with Crippen LogP contribution in [0.2, 0.25) is 0 Å². The summed E-state index contributed by atoms with van der Waals surface area (Å²) >= 11 is 0. The predicted octanol–water partition coefficient (Wildman–Crippen LogP) is 5.87. The molecule has 0 rings (SSSR count). The summed E-state index contributed by atoms with van der Waals surface area (Å²) in [5.74, 6) is -0.981. The molecule has 0 unspecified atom stereocenters. The van der Waals surface area contributed by atoms with Crippen LogP contribution in [0.1, 0.15) is 96.8 Å². The highest BCUT2D eigenvalue weighted by molar-refractivity contribution is 5.78. The van der Waals surface area contributed by atoms with E-state index < -0.39 is 5.97 Å². The van der Waals surface area contributed by atoms with Gasteiger partial charge < -0.3 is 10.2 Å². The summed E-state index contributed by atoms with van der Waals surface area (Å²) in [7, 11) is 0. The van der Waals surface area contributed by atoms with E-state index in [9.17, 15) is 4.79 Å². The molecule has 0 fully saturated rings. The Balaban J connectivity index is -0.000000578. The van der Waals surface area contributed by atoms with Gasteiger partial charge in [-0.15, -0.1) is 0 Å². The van der Waals surface area contributed by atoms with Crippen LogP contribution in [0.25, 0.3) is 0 Å². The molecule has 0 bridgehead atoms. The van der Waals surface area contributed by atoms with Gasteiger partial charge in [-0.3, -0.25) is 4.70 Å². The molecule has 0 aromatic heterocycles. The van der Waals surface area contributed by atoms with Crippen LogP contribution in [0.4, 0.5) is 4.70 Å². The Morgan fingerprint density at radius 3 is 1.26 bits per heavy atom. The van der Waals surface area contributed by atoms with Gasteiger partial charge in [-0.25, -0.2) is 4.79 Å². The van der Waals surface area contributed by atoms with Crippen molar-refractivity contribution in [3.8, 4) is 0 Å². The lowest BCUT2D eigenvalue weighted by Gasteiger charge is -2.02. The zero-order valence-electron chi connectivity index (χ0n) is 15.1. The fourth-order valence-corrected chi connectivity index (χ4v) is 2.31. The van der Waals surface area contributed by atoms with Crippen molar-refractivity contribution in [3.05, 3.63) is 12.7 Å². The summed E-state index contributed by atoms with van der Waals surface area (Å²) in [6, 6.07) is 0. The summed E-state index contributed by atoms with van der Waals surface area (Å²) < 4.78 is 0. The van der Waals surface area contributed by atoms with Crippen LogP contribution in [0, 0.1) is 0 Å². The van der Waals surface area contributed by atoms with Crippen LogP contribution >= 0.6 is 0 Å². The molecular formula is C19H39FO3. The largest absolute Gasteiger partial charge is 0.478 e. The average molecular weight is 335 g/mol. The molecule has 0 aromatic carbocycles. The Hall–Kier alpha value is -0.900. The molecule has 23 heavy (non-hydrogen) atoms. The lowest BCUT2D eigenvalue weighted by Crippen LogP contribution is -1.84. The molecule has 0 saturated carbocycles. The first-order valence-electron chi connectivity index (χ1n) is 9.15. The molecule has 0 aliphatic rings. The minimum absolute atomic E-state index is 0. The van der Waals surface area contributed by atoms with Crippen LogP contribution in [0.3, 0.4) is 0 Å². The zero-order chi connectivity index (χ0) is 16.9. The highest BCUT2D eigenvalue weighted by Crippen LogP contribution is 2.12. The second kappa shape index (κ2) is 26.0. The van der Waals surface area contributed by atoms with Crippen molar-refractivity contribution in [1.82, 2.24) is 0 Å². The van der Waals surface area contributed by atoms with Crippen molar-refractivity contribution in [1.29, 1.82) is 0 Å². The van der Waals surface area contributed by atoms with E-state index in [-0.39, 0.29) is 4.70 Å². The number of hydrogen-bond donors (Lipinski definition) is 2. The second-order valence-electron chi connectivity index (χ2n) is 5.86. The standard InChI is InChI=1S/C16H34O.C3H4O2.FH/c1-2-3-4-5-6-7-8-9-10-11-12-13-14-15-16-17;1-2-3(4)5;/h17H,2-16H2,1H3;2H,1H2,(H,4,5);1H. The molecule has 0 amide bonds. The van der Waals surface area contributed by atoms with E-state index in [2.05, 4.69) is 13.5 Å². The average Bonchev–Trinajstić information content (AvgIpc) is 2.52. The van der Waals surface area contributed by atoms with Crippen LogP contribution in [-0.4, -0.2) is 22.8 Å². The number of unbranched alkanes of at least 4 members (excludes halogenated alkanes) is 13. The Kier molecular flexibility index (Phi) is 30.5. The fourth-order valence-electron chi connectivity index (χ4n) is 2.31. The molecule has 3 nitrogen and oxygen atoms in total. The van der Waals surface area contributed by atoms with Gasteiger partial charge in [0.05, 0.1) is 0 Å². The number of hydrogen-bond acceptors (Lipinski definition) is 2. The van der Waals surface area contributed by atoms with Crippen molar-refractivity contribution in [2.45, 2.75) is 96.8 Å². The summed E-state index contributed by atoms with van der Waals surface area (Å²) in [6.07, 6.45) is 20.0. The maximum absolute atomic E-state index is 9.25. The maximum atomic E-state index is 9.25. The van der Waals surface area contributed by atoms with Crippen molar-refractivity contribution in [2.24, 2.45) is 0 Å². The Morgan fingerprint density at radius 2 is 1.04 bits per heavy atom. The molecule has 0 aliphatic heterocycles. The van der Waals surface area contributed by atoms with Gasteiger partial charge in [0, 0.05) is 12.7 Å². The van der Waals surface area contributed by atoms with Gasteiger partial charge in [-0.1, -0.05) is 97.0 Å². The van der Waals surface area contributed by atoms with E-state index in [1.165, 1.54) is 83.5 Å². The number of aliphatic hydroxyl groups excluding tert-OH is 1. The molecule has 0 atom stereocenters. The minimum Gasteiger partial charge on any atom is -0.478 e. The molecule has 0 aliphatic carbocycles. The first-order chi connectivity index (χ1) is 10.7. The number of halogens is 1. The Morgan fingerprint density at radius 1 is 0.783 bits per heavy atom. The second-order valence-corrected chi connectivity index (χ2v) is 5.86. The molecular weight excluding hydrogens is 295 g/mol. The quantitative estimate of drug-likeness (QED) is 0.291. The lowest BCUT2D eigenvalue weighted by atomic mass is 10.0. The van der Waals surface area contributed by atoms with E-state index in [0.717, 1.165) is 12.5 Å². The lowest BCUT2D eigenvalue weighted by molar-refractivity contribution is -0.131. The van der Waals surface area contributed by atoms with Crippen molar-refractivity contribution in [3.63, 3.8) is 0 Å². The third kappa shape index (κ3) is 33.8. The molecule has 4 heteroatoms. The van der Waals surface area contributed by atoms with Crippen molar-refractivity contribution < 1.29 is 19.7 Å². The van der Waals surface area contributed by atoms with Crippen LogP contribution in [0.15, 0.2) is 12.7 Å². The van der Waals surface area contributed by atoms with E-state index in [1.54, 1.807) is 0 Å². The number of rotatable bonds is 15. The Bertz CT molecular complexity index is 219. The summed E-state index contributed by atoms with van der Waals surface area (Å²) in [6.45, 7) is 5.61. The number of carboxylic acids is 1. The first-order valence-corrected chi connectivity index (χ1v) is 9.15. The Labute approximate surface area is 142 Å². The van der Waals surface area contributed by atoms with Crippen LogP contribution < -0.4 is 0 Å². The van der Waals surface area contributed by atoms with Gasteiger partial charge in [0.25, 0.3) is 0 Å². The van der Waals surface area contributed by atoms with Gasteiger partial charge in [0.2, 0.25) is 0 Å². The predicted molar refractivity (Wildman–Crippen MR) is 97.7 cm³/mol. The minimum atomic E-state index is -0.981. The number of aliphatic carboxylic acids is 1. The van der Waals surface area contributed by atoms with Gasteiger partial charge >= 0.3 is 5.97 Å². The fraction of sp³-hybridized carbons (Fsp3) is 0.842. The molecule has 0 spiro atoms. The van der Waals surface area contributed by atoms with Gasteiger partial charge in [-0.05, 0) is 6.42 Å². The summed E-state index contributed by atoms with van der Waals surface area (Å²) in [5, 5.41) is 16.2. The molecule has 0 heterocycles. The topological polar surface area (TPSA) is 57.5 Å². The third-order valence-electron chi connectivity index (χ3n) is 3.69. The smallest absolute Gasteiger partial charge is 0.327 e. The van der Waals surface area contributed by atoms with E-state index in [0.29, 0.717) is 6.61 Å².